The van der Waals surface area contributed by atoms with Gasteiger partial charge in [-0.2, -0.15) is 5.10 Å². The summed E-state index contributed by atoms with van der Waals surface area (Å²) in [5.74, 6) is 0.514. The van der Waals surface area contributed by atoms with Crippen molar-refractivity contribution in [3.8, 4) is 0 Å². The van der Waals surface area contributed by atoms with Crippen LogP contribution >= 0.6 is 0 Å². The molecule has 2 aromatic carbocycles. The molecule has 0 saturated carbocycles. The molecule has 2 heterocycles. The van der Waals surface area contributed by atoms with Crippen molar-refractivity contribution in [2.24, 2.45) is 0 Å². The predicted molar refractivity (Wildman–Crippen MR) is 109 cm³/mol. The molecule has 0 saturated heterocycles. The number of para-hydroxylation sites is 1. The summed E-state index contributed by atoms with van der Waals surface area (Å²) in [6, 6.07) is 17.7. The molecule has 4 aromatic rings. The first-order valence-electron chi connectivity index (χ1n) is 9.39. The van der Waals surface area contributed by atoms with Gasteiger partial charge in [0.1, 0.15) is 17.9 Å². The second-order valence-corrected chi connectivity index (χ2v) is 6.92. The molecule has 0 spiro atoms. The van der Waals surface area contributed by atoms with Crippen LogP contribution in [0, 0.1) is 6.92 Å². The Morgan fingerprint density at radius 2 is 1.82 bits per heavy atom. The number of amides is 1. The van der Waals surface area contributed by atoms with Crippen molar-refractivity contribution in [3.05, 3.63) is 81.9 Å². The first kappa shape index (κ1) is 18.0. The number of aromatic nitrogens is 3. The molecule has 6 heteroatoms. The zero-order chi connectivity index (χ0) is 19.7. The molecule has 0 aliphatic carbocycles. The van der Waals surface area contributed by atoms with E-state index in [9.17, 15) is 9.59 Å². The molecule has 0 radical (unpaired) electrons. The number of carbonyl (C=O) groups is 1. The smallest absolute Gasteiger partial charge is 0.291 e. The standard InChI is InChI=1S/C22H22N4O2/c1-3-20-24-25(14-21(27)23-13-16-10-8-15(2)9-11-16)22(28)19-12-17-6-4-5-7-18(17)26(19)20/h4-12H,3,13-14H2,1-2H3,(H,23,27). The lowest BCUT2D eigenvalue weighted by Gasteiger charge is -2.10. The van der Waals surface area contributed by atoms with Gasteiger partial charge in [0.2, 0.25) is 5.91 Å². The lowest BCUT2D eigenvalue weighted by atomic mass is 10.1. The van der Waals surface area contributed by atoms with Crippen LogP contribution in [0.15, 0.2) is 59.4 Å². The van der Waals surface area contributed by atoms with Crippen LogP contribution in [0.2, 0.25) is 0 Å². The third-order valence-corrected chi connectivity index (χ3v) is 4.88. The van der Waals surface area contributed by atoms with Crippen LogP contribution in [0.5, 0.6) is 0 Å². The highest BCUT2D eigenvalue weighted by molar-refractivity contribution is 5.87. The van der Waals surface area contributed by atoms with Crippen molar-refractivity contribution in [1.82, 2.24) is 19.5 Å². The predicted octanol–water partition coefficient (Wildman–Crippen LogP) is 2.84. The SMILES string of the molecule is CCc1nn(CC(=O)NCc2ccc(C)cc2)c(=O)c2cc3ccccc3n12. The molecule has 2 aromatic heterocycles. The van der Waals surface area contributed by atoms with E-state index < -0.39 is 0 Å². The average molecular weight is 374 g/mol. The number of nitrogens with one attached hydrogen (secondary N) is 1. The van der Waals surface area contributed by atoms with Gasteiger partial charge in [0.25, 0.3) is 5.56 Å². The first-order valence-corrected chi connectivity index (χ1v) is 9.39. The quantitative estimate of drug-likeness (QED) is 0.584. The number of hydrogen-bond acceptors (Lipinski definition) is 3. The molecule has 0 aliphatic rings. The van der Waals surface area contributed by atoms with E-state index in [0.717, 1.165) is 22.3 Å². The van der Waals surface area contributed by atoms with E-state index in [-0.39, 0.29) is 18.0 Å². The number of fused-ring (bicyclic) bond motifs is 3. The number of hydrogen-bond donors (Lipinski definition) is 1. The van der Waals surface area contributed by atoms with E-state index in [1.807, 2.05) is 72.8 Å². The number of rotatable bonds is 5. The Balaban J connectivity index is 1.62. The molecular formula is C22H22N4O2. The summed E-state index contributed by atoms with van der Waals surface area (Å²) in [6.45, 7) is 4.33. The Morgan fingerprint density at radius 3 is 2.57 bits per heavy atom. The highest BCUT2D eigenvalue weighted by Gasteiger charge is 2.15. The summed E-state index contributed by atoms with van der Waals surface area (Å²) < 4.78 is 3.15. The zero-order valence-corrected chi connectivity index (χ0v) is 16.0. The van der Waals surface area contributed by atoms with Gasteiger partial charge in [0.15, 0.2) is 0 Å². The van der Waals surface area contributed by atoms with Crippen molar-refractivity contribution in [2.75, 3.05) is 0 Å². The van der Waals surface area contributed by atoms with Crippen molar-refractivity contribution in [2.45, 2.75) is 33.4 Å². The number of carbonyl (C=O) groups excluding carboxylic acids is 1. The highest BCUT2D eigenvalue weighted by atomic mass is 16.2. The first-order chi connectivity index (χ1) is 13.6. The van der Waals surface area contributed by atoms with Crippen LogP contribution in [0.25, 0.3) is 16.4 Å². The summed E-state index contributed by atoms with van der Waals surface area (Å²) >= 11 is 0. The fourth-order valence-electron chi connectivity index (χ4n) is 3.39. The summed E-state index contributed by atoms with van der Waals surface area (Å²) in [5.41, 5.74) is 3.42. The molecule has 6 nitrogen and oxygen atoms in total. The fraction of sp³-hybridized carbons (Fsp3) is 0.227. The zero-order valence-electron chi connectivity index (χ0n) is 16.0. The molecule has 28 heavy (non-hydrogen) atoms. The Labute approximate surface area is 162 Å². The van der Waals surface area contributed by atoms with Gasteiger partial charge in [-0.05, 0) is 24.6 Å². The Kier molecular flexibility index (Phi) is 4.69. The van der Waals surface area contributed by atoms with Gasteiger partial charge in [-0.3, -0.25) is 14.0 Å². The van der Waals surface area contributed by atoms with Crippen molar-refractivity contribution in [3.63, 3.8) is 0 Å². The van der Waals surface area contributed by atoms with E-state index in [2.05, 4.69) is 10.4 Å². The lowest BCUT2D eigenvalue weighted by Crippen LogP contribution is -2.35. The maximum atomic E-state index is 12.9. The molecule has 4 rings (SSSR count). The van der Waals surface area contributed by atoms with Crippen LogP contribution in [0.4, 0.5) is 0 Å². The number of nitrogens with zero attached hydrogens (tertiary/aromatic N) is 3. The van der Waals surface area contributed by atoms with Gasteiger partial charge < -0.3 is 5.32 Å². The maximum absolute atomic E-state index is 12.9. The molecule has 0 bridgehead atoms. The Bertz CT molecular complexity index is 1220. The van der Waals surface area contributed by atoms with Crippen molar-refractivity contribution < 1.29 is 4.79 Å². The Morgan fingerprint density at radius 1 is 1.07 bits per heavy atom. The number of aryl methyl sites for hydroxylation is 2. The summed E-state index contributed by atoms with van der Waals surface area (Å²) in [6.07, 6.45) is 0.653. The van der Waals surface area contributed by atoms with Crippen LogP contribution in [-0.4, -0.2) is 20.1 Å². The molecular weight excluding hydrogens is 352 g/mol. The van der Waals surface area contributed by atoms with Gasteiger partial charge in [0, 0.05) is 18.4 Å². The lowest BCUT2D eigenvalue weighted by molar-refractivity contribution is -0.122. The molecule has 1 amide bonds. The van der Waals surface area contributed by atoms with Crippen LogP contribution < -0.4 is 10.9 Å². The molecule has 0 unspecified atom stereocenters. The van der Waals surface area contributed by atoms with E-state index in [1.165, 1.54) is 10.2 Å². The summed E-state index contributed by atoms with van der Waals surface area (Å²) in [7, 11) is 0. The second kappa shape index (κ2) is 7.31. The van der Waals surface area contributed by atoms with Gasteiger partial charge in [-0.25, -0.2) is 4.68 Å². The van der Waals surface area contributed by atoms with Gasteiger partial charge >= 0.3 is 0 Å². The minimum atomic E-state index is -0.265. The van der Waals surface area contributed by atoms with E-state index in [0.29, 0.717) is 18.5 Å². The maximum Gasteiger partial charge on any atom is 0.291 e. The Hall–Kier alpha value is -3.41. The molecule has 0 aliphatic heterocycles. The summed E-state index contributed by atoms with van der Waals surface area (Å²) in [5, 5.41) is 8.30. The van der Waals surface area contributed by atoms with Crippen molar-refractivity contribution in [1.29, 1.82) is 0 Å². The molecule has 0 fully saturated rings. The van der Waals surface area contributed by atoms with Gasteiger partial charge in [-0.15, -0.1) is 0 Å². The highest BCUT2D eigenvalue weighted by Crippen LogP contribution is 2.19. The van der Waals surface area contributed by atoms with E-state index >= 15 is 0 Å². The molecule has 142 valence electrons. The topological polar surface area (TPSA) is 68.4 Å². The second-order valence-electron chi connectivity index (χ2n) is 6.92. The monoisotopic (exact) mass is 374 g/mol. The minimum absolute atomic E-state index is 0.101. The summed E-state index contributed by atoms with van der Waals surface area (Å²) in [4.78, 5) is 25.3. The van der Waals surface area contributed by atoms with Gasteiger partial charge in [-0.1, -0.05) is 55.0 Å². The van der Waals surface area contributed by atoms with E-state index in [4.69, 9.17) is 0 Å². The van der Waals surface area contributed by atoms with E-state index in [1.54, 1.807) is 0 Å². The van der Waals surface area contributed by atoms with Crippen molar-refractivity contribution >= 4 is 22.3 Å². The third kappa shape index (κ3) is 3.29. The third-order valence-electron chi connectivity index (χ3n) is 4.88. The van der Waals surface area contributed by atoms with Gasteiger partial charge in [0.05, 0.1) is 5.52 Å². The molecule has 1 N–H and O–H groups in total. The molecule has 0 atom stereocenters. The largest absolute Gasteiger partial charge is 0.350 e. The van der Waals surface area contributed by atoms with Crippen LogP contribution in [0.1, 0.15) is 23.9 Å². The average Bonchev–Trinajstić information content (AvgIpc) is 3.10. The fourth-order valence-corrected chi connectivity index (χ4v) is 3.39. The van der Waals surface area contributed by atoms with Crippen LogP contribution in [-0.2, 0) is 24.3 Å². The van der Waals surface area contributed by atoms with Crippen LogP contribution in [0.3, 0.4) is 0 Å². The minimum Gasteiger partial charge on any atom is -0.350 e. The normalized spacial score (nSPS) is 11.2. The number of benzene rings is 2.